The van der Waals surface area contributed by atoms with Crippen LogP contribution in [0.25, 0.3) is 11.0 Å². The van der Waals surface area contributed by atoms with Gasteiger partial charge >= 0.3 is 11.6 Å². The Labute approximate surface area is 133 Å². The van der Waals surface area contributed by atoms with E-state index in [4.69, 9.17) is 4.42 Å². The van der Waals surface area contributed by atoms with E-state index in [-0.39, 0.29) is 12.2 Å². The quantitative estimate of drug-likeness (QED) is 0.627. The predicted molar refractivity (Wildman–Crippen MR) is 83.3 cm³/mol. The fourth-order valence-electron chi connectivity index (χ4n) is 2.73. The molecule has 1 saturated carbocycles. The van der Waals surface area contributed by atoms with Crippen molar-refractivity contribution >= 4 is 16.9 Å². The van der Waals surface area contributed by atoms with Crippen molar-refractivity contribution in [2.45, 2.75) is 38.8 Å². The molecule has 1 heterocycles. The molecule has 0 atom stereocenters. The highest BCUT2D eigenvalue weighted by Gasteiger charge is 2.26. The molecule has 122 valence electrons. The molecule has 0 bridgehead atoms. The van der Waals surface area contributed by atoms with E-state index in [9.17, 15) is 14.7 Å². The van der Waals surface area contributed by atoms with Crippen LogP contribution in [0.5, 0.6) is 5.75 Å². The number of aromatic hydroxyl groups is 1. The van der Waals surface area contributed by atoms with Gasteiger partial charge in [-0.3, -0.25) is 4.79 Å². The third kappa shape index (κ3) is 3.07. The lowest BCUT2D eigenvalue weighted by Crippen LogP contribution is -2.84. The van der Waals surface area contributed by atoms with Crippen LogP contribution in [0, 0.1) is 6.92 Å². The summed E-state index contributed by atoms with van der Waals surface area (Å²) in [6, 6.07) is 3.91. The van der Waals surface area contributed by atoms with Gasteiger partial charge in [-0.25, -0.2) is 4.79 Å². The number of carbonyl (C=O) groups excluding carboxylic acids is 1. The van der Waals surface area contributed by atoms with Crippen molar-refractivity contribution in [1.29, 1.82) is 0 Å². The van der Waals surface area contributed by atoms with Crippen molar-refractivity contribution in [2.24, 2.45) is 0 Å². The first-order valence-electron chi connectivity index (χ1n) is 7.68. The Morgan fingerprint density at radius 1 is 1.39 bits per heavy atom. The van der Waals surface area contributed by atoms with E-state index in [1.807, 2.05) is 0 Å². The second-order valence-electron chi connectivity index (χ2n) is 5.96. The molecule has 1 fully saturated rings. The molecule has 23 heavy (non-hydrogen) atoms. The van der Waals surface area contributed by atoms with Crippen molar-refractivity contribution < 1.29 is 24.4 Å². The average Bonchev–Trinajstić information content (AvgIpc) is 3.34. The standard InChI is InChI=1S/C17H19NO5/c1-9-11-5-6-14(19)13(8-18-10-3-4-10)16(11)23-17(21)12(9)7-15(20)22-2/h5-6,10,18-19H,3-4,7-8H2,1-2H3/p+1. The van der Waals surface area contributed by atoms with Gasteiger partial charge in [-0.1, -0.05) is 0 Å². The van der Waals surface area contributed by atoms with Crippen LogP contribution in [0.3, 0.4) is 0 Å². The number of methoxy groups -OCH3 is 1. The molecule has 1 aliphatic carbocycles. The number of ether oxygens (including phenoxy) is 1. The number of quaternary nitrogens is 1. The summed E-state index contributed by atoms with van der Waals surface area (Å²) >= 11 is 0. The normalized spacial score (nSPS) is 14.2. The number of hydrogen-bond donors (Lipinski definition) is 2. The summed E-state index contributed by atoms with van der Waals surface area (Å²) in [7, 11) is 1.28. The monoisotopic (exact) mass is 318 g/mol. The molecule has 0 spiro atoms. The molecule has 1 aromatic carbocycles. The van der Waals surface area contributed by atoms with Gasteiger partial charge in [0.15, 0.2) is 5.58 Å². The van der Waals surface area contributed by atoms with E-state index in [0.717, 1.165) is 5.39 Å². The minimum atomic E-state index is -0.557. The highest BCUT2D eigenvalue weighted by Crippen LogP contribution is 2.29. The van der Waals surface area contributed by atoms with Crippen LogP contribution in [-0.4, -0.2) is 24.2 Å². The highest BCUT2D eigenvalue weighted by molar-refractivity contribution is 5.86. The zero-order valence-electron chi connectivity index (χ0n) is 13.2. The molecule has 0 unspecified atom stereocenters. The average molecular weight is 318 g/mol. The molecule has 0 radical (unpaired) electrons. The van der Waals surface area contributed by atoms with Gasteiger partial charge in [-0.2, -0.15) is 0 Å². The van der Waals surface area contributed by atoms with Gasteiger partial charge in [0.1, 0.15) is 12.3 Å². The lowest BCUT2D eigenvalue weighted by atomic mass is 10.0. The number of aryl methyl sites for hydroxylation is 1. The number of esters is 1. The SMILES string of the molecule is COC(=O)Cc1c(C)c2ccc(O)c(C[NH2+]C3CC3)c2oc1=O. The van der Waals surface area contributed by atoms with Gasteiger partial charge in [0.05, 0.1) is 30.7 Å². The Kier molecular flexibility index (Phi) is 4.09. The number of phenolic OH excluding ortho intramolecular Hbond substituents is 1. The van der Waals surface area contributed by atoms with Crippen LogP contribution in [0.4, 0.5) is 0 Å². The van der Waals surface area contributed by atoms with Crippen LogP contribution in [-0.2, 0) is 22.5 Å². The fraction of sp³-hybridized carbons (Fsp3) is 0.412. The van der Waals surface area contributed by atoms with Crippen molar-refractivity contribution in [3.63, 3.8) is 0 Å². The molecule has 0 amide bonds. The van der Waals surface area contributed by atoms with E-state index in [2.05, 4.69) is 10.1 Å². The summed E-state index contributed by atoms with van der Waals surface area (Å²) in [6.45, 7) is 2.34. The third-order valence-electron chi connectivity index (χ3n) is 4.36. The van der Waals surface area contributed by atoms with E-state index in [1.54, 1.807) is 19.1 Å². The number of phenols is 1. The molecule has 3 N–H and O–H groups in total. The van der Waals surface area contributed by atoms with E-state index in [0.29, 0.717) is 34.9 Å². The maximum Gasteiger partial charge on any atom is 0.340 e. The summed E-state index contributed by atoms with van der Waals surface area (Å²) in [5, 5.41) is 13.0. The largest absolute Gasteiger partial charge is 0.507 e. The Bertz CT molecular complexity index is 820. The minimum absolute atomic E-state index is 0.120. The Hall–Kier alpha value is -2.34. The first kappa shape index (κ1) is 15.6. The molecule has 3 rings (SSSR count). The number of rotatable bonds is 5. The second kappa shape index (κ2) is 6.04. The number of hydrogen-bond acceptors (Lipinski definition) is 5. The van der Waals surface area contributed by atoms with E-state index < -0.39 is 11.6 Å². The van der Waals surface area contributed by atoms with Gasteiger partial charge in [0.25, 0.3) is 0 Å². The van der Waals surface area contributed by atoms with Crippen LogP contribution in [0.2, 0.25) is 0 Å². The zero-order valence-corrected chi connectivity index (χ0v) is 13.2. The summed E-state index contributed by atoms with van der Waals surface area (Å²) in [4.78, 5) is 23.7. The van der Waals surface area contributed by atoms with Gasteiger partial charge in [0, 0.05) is 18.2 Å². The van der Waals surface area contributed by atoms with Gasteiger partial charge in [0.2, 0.25) is 0 Å². The summed E-state index contributed by atoms with van der Waals surface area (Å²) in [5.74, 6) is -0.363. The van der Waals surface area contributed by atoms with Crippen LogP contribution in [0.1, 0.15) is 29.5 Å². The van der Waals surface area contributed by atoms with Crippen molar-refractivity contribution in [1.82, 2.24) is 0 Å². The fourth-order valence-corrected chi connectivity index (χ4v) is 2.73. The van der Waals surface area contributed by atoms with E-state index in [1.165, 1.54) is 20.0 Å². The number of carbonyl (C=O) groups is 1. The van der Waals surface area contributed by atoms with Crippen LogP contribution in [0.15, 0.2) is 21.3 Å². The maximum atomic E-state index is 12.3. The van der Waals surface area contributed by atoms with Gasteiger partial charge in [-0.05, 0) is 24.6 Å². The number of nitrogens with two attached hydrogens (primary N) is 1. The molecular weight excluding hydrogens is 298 g/mol. The molecule has 0 aliphatic heterocycles. The lowest BCUT2D eigenvalue weighted by Gasteiger charge is -2.11. The third-order valence-corrected chi connectivity index (χ3v) is 4.36. The maximum absolute atomic E-state index is 12.3. The van der Waals surface area contributed by atoms with Gasteiger partial charge < -0.3 is 19.6 Å². The van der Waals surface area contributed by atoms with Gasteiger partial charge in [-0.15, -0.1) is 0 Å². The molecular formula is C17H20NO5+. The summed E-state index contributed by atoms with van der Waals surface area (Å²) < 4.78 is 10.1. The molecule has 6 heteroatoms. The predicted octanol–water partition coefficient (Wildman–Crippen LogP) is 0.748. The molecule has 1 aliphatic rings. The van der Waals surface area contributed by atoms with Crippen molar-refractivity contribution in [3.05, 3.63) is 39.2 Å². The number of fused-ring (bicyclic) bond motifs is 1. The van der Waals surface area contributed by atoms with Crippen LogP contribution >= 0.6 is 0 Å². The van der Waals surface area contributed by atoms with Crippen molar-refractivity contribution in [3.8, 4) is 5.75 Å². The smallest absolute Gasteiger partial charge is 0.340 e. The molecule has 2 aromatic rings. The summed E-state index contributed by atoms with van der Waals surface area (Å²) in [6.07, 6.45) is 2.24. The Balaban J connectivity index is 2.09. The summed E-state index contributed by atoms with van der Waals surface area (Å²) in [5.41, 5.74) is 1.46. The highest BCUT2D eigenvalue weighted by atomic mass is 16.5. The van der Waals surface area contributed by atoms with Crippen molar-refractivity contribution in [2.75, 3.05) is 7.11 Å². The van der Waals surface area contributed by atoms with E-state index >= 15 is 0 Å². The Morgan fingerprint density at radius 3 is 2.78 bits per heavy atom. The lowest BCUT2D eigenvalue weighted by molar-refractivity contribution is -0.683. The molecule has 6 nitrogen and oxygen atoms in total. The zero-order chi connectivity index (χ0) is 16.6. The Morgan fingerprint density at radius 2 is 2.13 bits per heavy atom. The van der Waals surface area contributed by atoms with Crippen LogP contribution < -0.4 is 10.9 Å². The first-order chi connectivity index (χ1) is 11.0. The molecule has 1 aromatic heterocycles. The topological polar surface area (TPSA) is 93.3 Å². The first-order valence-corrected chi connectivity index (χ1v) is 7.68. The molecule has 0 saturated heterocycles. The number of benzene rings is 1. The minimum Gasteiger partial charge on any atom is -0.507 e. The second-order valence-corrected chi connectivity index (χ2v) is 5.96.